The van der Waals surface area contributed by atoms with Crippen LogP contribution in [0.15, 0.2) is 82.3 Å². The number of rotatable bonds is 11. The number of nitrogens with zero attached hydrogens (tertiary/aromatic N) is 1. The van der Waals surface area contributed by atoms with E-state index < -0.39 is 11.9 Å². The van der Waals surface area contributed by atoms with Gasteiger partial charge in [-0.15, -0.1) is 0 Å². The van der Waals surface area contributed by atoms with Gasteiger partial charge in [0, 0.05) is 5.39 Å². The van der Waals surface area contributed by atoms with Crippen LogP contribution < -0.4 is 19.6 Å². The third-order valence-electron chi connectivity index (χ3n) is 5.02. The summed E-state index contributed by atoms with van der Waals surface area (Å²) in [5.74, 6) is 0.212. The second-order valence-electron chi connectivity index (χ2n) is 7.56. The maximum atomic E-state index is 12.2. The lowest BCUT2D eigenvalue weighted by molar-refractivity contribution is -0.123. The Morgan fingerprint density at radius 2 is 1.78 bits per heavy atom. The highest BCUT2D eigenvalue weighted by Crippen LogP contribution is 2.29. The third kappa shape index (κ3) is 6.20. The second-order valence-corrected chi connectivity index (χ2v) is 7.56. The van der Waals surface area contributed by atoms with Crippen LogP contribution in [-0.2, 0) is 11.4 Å². The fourth-order valence-corrected chi connectivity index (χ4v) is 3.39. The van der Waals surface area contributed by atoms with Crippen molar-refractivity contribution in [3.63, 3.8) is 0 Å². The number of hydrazone groups is 1. The van der Waals surface area contributed by atoms with E-state index in [0.29, 0.717) is 35.2 Å². The van der Waals surface area contributed by atoms with Crippen LogP contribution in [-0.4, -0.2) is 36.4 Å². The number of benzene rings is 3. The topological polar surface area (TPSA) is 120 Å². The van der Waals surface area contributed by atoms with Gasteiger partial charge in [0.15, 0.2) is 18.1 Å². The summed E-state index contributed by atoms with van der Waals surface area (Å²) in [6.07, 6.45) is 1.48. The van der Waals surface area contributed by atoms with Crippen LogP contribution in [0.5, 0.6) is 17.2 Å². The molecule has 4 rings (SSSR count). The Labute approximate surface area is 206 Å². The third-order valence-corrected chi connectivity index (χ3v) is 5.02. The SMILES string of the molecule is CCOc1cc(C=NNC(=O)COc2cccc3ccccc23)ccc1OCc1ccc(C(=O)O)o1. The molecule has 0 radical (unpaired) electrons. The largest absolute Gasteiger partial charge is 0.490 e. The smallest absolute Gasteiger partial charge is 0.371 e. The first-order valence-corrected chi connectivity index (χ1v) is 11.2. The number of carbonyl (C=O) groups is 2. The first-order chi connectivity index (χ1) is 17.5. The highest BCUT2D eigenvalue weighted by Gasteiger charge is 2.11. The molecule has 4 aromatic rings. The standard InChI is InChI=1S/C27H24N2O7/c1-2-33-25-14-18(10-12-23(25)34-16-20-11-13-24(36-20)27(31)32)15-28-29-26(30)17-35-22-9-5-7-19-6-3-4-8-21(19)22/h3-15H,2,16-17H2,1H3,(H,29,30)(H,31,32). The summed E-state index contributed by atoms with van der Waals surface area (Å²) in [7, 11) is 0. The molecule has 184 valence electrons. The zero-order valence-electron chi connectivity index (χ0n) is 19.5. The van der Waals surface area contributed by atoms with Crippen molar-refractivity contribution in [1.29, 1.82) is 0 Å². The fraction of sp³-hybridized carbons (Fsp3) is 0.148. The van der Waals surface area contributed by atoms with Gasteiger partial charge >= 0.3 is 5.97 Å². The highest BCUT2D eigenvalue weighted by atomic mass is 16.5. The molecule has 0 aliphatic heterocycles. The van der Waals surface area contributed by atoms with E-state index in [1.54, 1.807) is 18.2 Å². The summed E-state index contributed by atoms with van der Waals surface area (Å²) in [6.45, 7) is 2.10. The Morgan fingerprint density at radius 3 is 2.58 bits per heavy atom. The molecule has 3 aromatic carbocycles. The van der Waals surface area contributed by atoms with Gasteiger partial charge in [0.25, 0.3) is 5.91 Å². The van der Waals surface area contributed by atoms with Crippen molar-refractivity contribution < 1.29 is 33.3 Å². The van der Waals surface area contributed by atoms with Crippen LogP contribution in [0, 0.1) is 0 Å². The lowest BCUT2D eigenvalue weighted by atomic mass is 10.1. The van der Waals surface area contributed by atoms with E-state index in [-0.39, 0.29) is 19.0 Å². The zero-order chi connectivity index (χ0) is 25.3. The van der Waals surface area contributed by atoms with Crippen molar-refractivity contribution in [2.75, 3.05) is 13.2 Å². The Balaban J connectivity index is 1.33. The summed E-state index contributed by atoms with van der Waals surface area (Å²) in [6, 6.07) is 21.5. The van der Waals surface area contributed by atoms with Gasteiger partial charge in [0.2, 0.25) is 5.76 Å². The van der Waals surface area contributed by atoms with Crippen molar-refractivity contribution >= 4 is 28.9 Å². The van der Waals surface area contributed by atoms with Gasteiger partial charge in [-0.3, -0.25) is 4.79 Å². The summed E-state index contributed by atoms with van der Waals surface area (Å²) < 4.78 is 22.2. The van der Waals surface area contributed by atoms with Crippen LogP contribution in [0.3, 0.4) is 0 Å². The molecule has 0 unspecified atom stereocenters. The Hall–Kier alpha value is -4.79. The number of carboxylic acids is 1. The lowest BCUT2D eigenvalue weighted by Crippen LogP contribution is -2.24. The molecule has 0 saturated carbocycles. The summed E-state index contributed by atoms with van der Waals surface area (Å²) >= 11 is 0. The molecule has 0 bridgehead atoms. The van der Waals surface area contributed by atoms with Gasteiger partial charge in [0.05, 0.1) is 12.8 Å². The molecule has 9 nitrogen and oxygen atoms in total. The van der Waals surface area contributed by atoms with Crippen molar-refractivity contribution in [2.45, 2.75) is 13.5 Å². The minimum Gasteiger partial charge on any atom is -0.490 e. The fourth-order valence-electron chi connectivity index (χ4n) is 3.39. The van der Waals surface area contributed by atoms with Crippen LogP contribution in [0.25, 0.3) is 10.8 Å². The number of ether oxygens (including phenoxy) is 3. The minimum atomic E-state index is -1.15. The highest BCUT2D eigenvalue weighted by molar-refractivity contribution is 5.89. The van der Waals surface area contributed by atoms with Gasteiger partial charge in [-0.25, -0.2) is 10.2 Å². The van der Waals surface area contributed by atoms with E-state index in [4.69, 9.17) is 23.7 Å². The summed E-state index contributed by atoms with van der Waals surface area (Å²) in [5.41, 5.74) is 3.12. The molecular formula is C27H24N2O7. The number of hydrogen-bond acceptors (Lipinski definition) is 7. The van der Waals surface area contributed by atoms with Gasteiger partial charge in [-0.05, 0) is 54.3 Å². The van der Waals surface area contributed by atoms with Gasteiger partial charge in [-0.1, -0.05) is 36.4 Å². The number of nitrogens with one attached hydrogen (secondary N) is 1. The molecule has 0 fully saturated rings. The summed E-state index contributed by atoms with van der Waals surface area (Å²) in [4.78, 5) is 23.1. The van der Waals surface area contributed by atoms with E-state index >= 15 is 0 Å². The number of carboxylic acid groups (broad SMARTS) is 1. The Morgan fingerprint density at radius 1 is 0.944 bits per heavy atom. The monoisotopic (exact) mass is 488 g/mol. The molecule has 0 saturated heterocycles. The molecule has 9 heteroatoms. The van der Waals surface area contributed by atoms with Crippen molar-refractivity contribution in [2.24, 2.45) is 5.10 Å². The molecule has 1 amide bonds. The number of amides is 1. The van der Waals surface area contributed by atoms with E-state index in [1.807, 2.05) is 49.4 Å². The quantitative estimate of drug-likeness (QED) is 0.233. The van der Waals surface area contributed by atoms with Crippen LogP contribution in [0.4, 0.5) is 0 Å². The van der Waals surface area contributed by atoms with Gasteiger partial charge in [0.1, 0.15) is 18.1 Å². The Kier molecular flexibility index (Phi) is 7.82. The van der Waals surface area contributed by atoms with Crippen molar-refractivity contribution in [3.05, 3.63) is 89.9 Å². The number of furan rings is 1. The molecule has 1 aromatic heterocycles. The molecule has 0 atom stereocenters. The van der Waals surface area contributed by atoms with E-state index in [1.165, 1.54) is 18.3 Å². The van der Waals surface area contributed by atoms with Crippen molar-refractivity contribution in [3.8, 4) is 17.2 Å². The van der Waals surface area contributed by atoms with Crippen LogP contribution >= 0.6 is 0 Å². The van der Waals surface area contributed by atoms with E-state index in [9.17, 15) is 9.59 Å². The first kappa shape index (κ1) is 24.3. The molecule has 2 N–H and O–H groups in total. The zero-order valence-corrected chi connectivity index (χ0v) is 19.5. The van der Waals surface area contributed by atoms with E-state index in [2.05, 4.69) is 10.5 Å². The molecule has 1 heterocycles. The predicted octanol–water partition coefficient (Wildman–Crippen LogP) is 4.64. The number of hydrogen-bond donors (Lipinski definition) is 2. The first-order valence-electron chi connectivity index (χ1n) is 11.2. The maximum Gasteiger partial charge on any atom is 0.371 e. The maximum absolute atomic E-state index is 12.2. The molecular weight excluding hydrogens is 464 g/mol. The second kappa shape index (κ2) is 11.6. The molecule has 0 spiro atoms. The van der Waals surface area contributed by atoms with Crippen LogP contribution in [0.1, 0.15) is 28.8 Å². The summed E-state index contributed by atoms with van der Waals surface area (Å²) in [5, 5.41) is 14.9. The molecule has 0 aliphatic carbocycles. The number of fused-ring (bicyclic) bond motifs is 1. The van der Waals surface area contributed by atoms with Crippen LogP contribution in [0.2, 0.25) is 0 Å². The average Bonchev–Trinajstić information content (AvgIpc) is 3.37. The Bertz CT molecular complexity index is 1390. The predicted molar refractivity (Wildman–Crippen MR) is 133 cm³/mol. The lowest BCUT2D eigenvalue weighted by Gasteiger charge is -2.11. The van der Waals surface area contributed by atoms with Gasteiger partial charge < -0.3 is 23.7 Å². The minimum absolute atomic E-state index is 0.0353. The normalized spacial score (nSPS) is 10.9. The van der Waals surface area contributed by atoms with E-state index in [0.717, 1.165) is 10.8 Å². The number of aromatic carboxylic acids is 1. The van der Waals surface area contributed by atoms with Crippen molar-refractivity contribution in [1.82, 2.24) is 5.43 Å². The molecule has 36 heavy (non-hydrogen) atoms. The molecule has 0 aliphatic rings. The number of carbonyl (C=O) groups excluding carboxylic acids is 1. The average molecular weight is 488 g/mol. The van der Waals surface area contributed by atoms with Gasteiger partial charge in [-0.2, -0.15) is 5.10 Å².